The Bertz CT molecular complexity index is 2470. The van der Waals surface area contributed by atoms with Gasteiger partial charge in [0, 0.05) is 17.0 Å². The van der Waals surface area contributed by atoms with E-state index in [0.717, 1.165) is 52.6 Å². The summed E-state index contributed by atoms with van der Waals surface area (Å²) in [5.74, 6) is 2.75. The summed E-state index contributed by atoms with van der Waals surface area (Å²) in [5, 5.41) is 5.00. The molecule has 0 bridgehead atoms. The van der Waals surface area contributed by atoms with Crippen molar-refractivity contribution in [2.24, 2.45) is 0 Å². The molecule has 7 aromatic carbocycles. The monoisotopic (exact) mass is 643 g/mol. The second-order valence-corrected chi connectivity index (χ2v) is 13.5. The van der Waals surface area contributed by atoms with Gasteiger partial charge in [-0.2, -0.15) is 0 Å². The Morgan fingerprint density at radius 3 is 1.64 bits per heavy atom. The molecule has 9 rings (SSSR count). The summed E-state index contributed by atoms with van der Waals surface area (Å²) in [7, 11) is 0. The van der Waals surface area contributed by atoms with Gasteiger partial charge in [0.1, 0.15) is 5.82 Å². The minimum atomic E-state index is 0.358. The second-order valence-electron chi connectivity index (χ2n) is 13.5. The van der Waals surface area contributed by atoms with Crippen molar-refractivity contribution in [1.82, 2.24) is 15.0 Å². The van der Waals surface area contributed by atoms with Crippen LogP contribution in [0.5, 0.6) is 0 Å². The van der Waals surface area contributed by atoms with Gasteiger partial charge >= 0.3 is 0 Å². The van der Waals surface area contributed by atoms with Crippen LogP contribution in [0, 0.1) is 0 Å². The molecule has 1 fully saturated rings. The molecular formula is C47H37N3. The lowest BCUT2D eigenvalue weighted by atomic mass is 9.88. The normalized spacial score (nSPS) is 13.5. The van der Waals surface area contributed by atoms with Crippen LogP contribution in [0.3, 0.4) is 0 Å². The van der Waals surface area contributed by atoms with E-state index in [2.05, 4.69) is 158 Å². The zero-order chi connectivity index (χ0) is 33.3. The molecule has 240 valence electrons. The number of aromatic nitrogens is 3. The molecule has 0 unspecified atom stereocenters. The Balaban J connectivity index is 1.08. The zero-order valence-corrected chi connectivity index (χ0v) is 28.0. The number of benzene rings is 7. The highest BCUT2D eigenvalue weighted by molar-refractivity contribution is 5.97. The van der Waals surface area contributed by atoms with Crippen LogP contribution in [0.1, 0.15) is 43.8 Å². The predicted octanol–water partition coefficient (Wildman–Crippen LogP) is 12.6. The smallest absolute Gasteiger partial charge is 0.163 e. The maximum Gasteiger partial charge on any atom is 0.163 e. The number of hydrogen-bond donors (Lipinski definition) is 0. The van der Waals surface area contributed by atoms with E-state index < -0.39 is 0 Å². The Kier molecular flexibility index (Phi) is 7.94. The molecule has 3 nitrogen and oxygen atoms in total. The summed E-state index contributed by atoms with van der Waals surface area (Å²) in [4.78, 5) is 15.5. The molecule has 0 saturated heterocycles. The van der Waals surface area contributed by atoms with E-state index in [0.29, 0.717) is 5.92 Å². The van der Waals surface area contributed by atoms with Gasteiger partial charge in [-0.05, 0) is 86.0 Å². The Morgan fingerprint density at radius 2 is 0.900 bits per heavy atom. The van der Waals surface area contributed by atoms with Gasteiger partial charge in [0.2, 0.25) is 0 Å². The van der Waals surface area contributed by atoms with E-state index in [1.165, 1.54) is 63.1 Å². The zero-order valence-electron chi connectivity index (χ0n) is 28.0. The predicted molar refractivity (Wildman–Crippen MR) is 208 cm³/mol. The summed E-state index contributed by atoms with van der Waals surface area (Å²) >= 11 is 0. The van der Waals surface area contributed by atoms with Crippen LogP contribution in [0.25, 0.3) is 77.7 Å². The summed E-state index contributed by atoms with van der Waals surface area (Å²) in [6.07, 6.45) is 5.99. The molecule has 0 atom stereocenters. The Morgan fingerprint density at radius 1 is 0.360 bits per heavy atom. The number of rotatable bonds is 6. The first-order valence-corrected chi connectivity index (χ1v) is 17.8. The molecule has 1 aliphatic carbocycles. The third kappa shape index (κ3) is 5.97. The highest BCUT2D eigenvalue weighted by Gasteiger charge is 2.21. The van der Waals surface area contributed by atoms with Crippen molar-refractivity contribution in [3.63, 3.8) is 0 Å². The number of nitrogens with zero attached hydrogens (tertiary/aromatic N) is 3. The van der Waals surface area contributed by atoms with Crippen molar-refractivity contribution in [2.75, 3.05) is 0 Å². The lowest BCUT2D eigenvalue weighted by Gasteiger charge is -2.21. The fourth-order valence-corrected chi connectivity index (χ4v) is 7.56. The number of fused-ring (bicyclic) bond motifs is 2. The molecular weight excluding hydrogens is 607 g/mol. The van der Waals surface area contributed by atoms with Crippen molar-refractivity contribution in [3.8, 4) is 56.2 Å². The fraction of sp³-hybridized carbons (Fsp3) is 0.128. The van der Waals surface area contributed by atoms with Gasteiger partial charge in [-0.1, -0.05) is 159 Å². The summed E-state index contributed by atoms with van der Waals surface area (Å²) in [6.45, 7) is 0. The van der Waals surface area contributed by atoms with Gasteiger partial charge in [0.15, 0.2) is 11.6 Å². The first-order chi connectivity index (χ1) is 24.7. The Labute approximate surface area is 293 Å². The van der Waals surface area contributed by atoms with Gasteiger partial charge in [-0.3, -0.25) is 0 Å². The Hall–Kier alpha value is -5.93. The van der Waals surface area contributed by atoms with E-state index in [1.54, 1.807) is 0 Å². The summed E-state index contributed by atoms with van der Waals surface area (Å²) < 4.78 is 0. The molecule has 1 saturated carbocycles. The third-order valence-corrected chi connectivity index (χ3v) is 10.3. The lowest BCUT2D eigenvalue weighted by Crippen LogP contribution is -2.11. The van der Waals surface area contributed by atoms with E-state index in [4.69, 9.17) is 15.0 Å². The molecule has 0 aliphatic heterocycles. The SMILES string of the molecule is c1cc(-c2ccc(-c3ccc4ccccc4c3)cc2)cc(-c2nc(-c3cccc(-c4cccc5ccccc45)c3)nc(C3CCCCC3)n2)c1. The maximum atomic E-state index is 5.17. The van der Waals surface area contributed by atoms with E-state index in [1.807, 2.05) is 0 Å². The molecule has 0 spiro atoms. The van der Waals surface area contributed by atoms with Crippen LogP contribution in [0.2, 0.25) is 0 Å². The van der Waals surface area contributed by atoms with Gasteiger partial charge in [0.25, 0.3) is 0 Å². The van der Waals surface area contributed by atoms with E-state index >= 15 is 0 Å². The maximum absolute atomic E-state index is 5.17. The number of hydrogen-bond acceptors (Lipinski definition) is 3. The highest BCUT2D eigenvalue weighted by Crippen LogP contribution is 2.35. The minimum absolute atomic E-state index is 0.358. The van der Waals surface area contributed by atoms with Crippen LogP contribution in [0.4, 0.5) is 0 Å². The minimum Gasteiger partial charge on any atom is -0.213 e. The quantitative estimate of drug-likeness (QED) is 0.181. The molecule has 8 aromatic rings. The van der Waals surface area contributed by atoms with Crippen molar-refractivity contribution in [1.29, 1.82) is 0 Å². The second kappa shape index (κ2) is 13.2. The van der Waals surface area contributed by atoms with Crippen molar-refractivity contribution in [3.05, 3.63) is 164 Å². The standard InChI is InChI=1S/C47H37N3/c1-2-13-36(14-3-1)45-48-46(50-47(49-45)42-20-9-18-40(31-42)44-22-10-16-35-12-6-7-21-43(35)44)41-19-8-17-38(30-41)33-23-25-34(26-24-33)39-28-27-32-11-4-5-15-37(32)29-39/h4-12,15-31,36H,1-3,13-14H2. The molecule has 1 aliphatic rings. The van der Waals surface area contributed by atoms with Gasteiger partial charge in [-0.15, -0.1) is 0 Å². The van der Waals surface area contributed by atoms with Crippen LogP contribution < -0.4 is 0 Å². The molecule has 1 aromatic heterocycles. The summed E-state index contributed by atoms with van der Waals surface area (Å²) in [6, 6.07) is 56.5. The van der Waals surface area contributed by atoms with Gasteiger partial charge < -0.3 is 0 Å². The third-order valence-electron chi connectivity index (χ3n) is 10.3. The van der Waals surface area contributed by atoms with E-state index in [-0.39, 0.29) is 0 Å². The average Bonchev–Trinajstić information content (AvgIpc) is 3.21. The van der Waals surface area contributed by atoms with Crippen LogP contribution in [-0.2, 0) is 0 Å². The van der Waals surface area contributed by atoms with Crippen molar-refractivity contribution in [2.45, 2.75) is 38.0 Å². The molecule has 3 heteroatoms. The average molecular weight is 644 g/mol. The van der Waals surface area contributed by atoms with Crippen molar-refractivity contribution >= 4 is 21.5 Å². The molecule has 0 N–H and O–H groups in total. The van der Waals surface area contributed by atoms with Gasteiger partial charge in [-0.25, -0.2) is 15.0 Å². The first kappa shape index (κ1) is 30.2. The summed E-state index contributed by atoms with van der Waals surface area (Å²) in [5.41, 5.74) is 9.14. The largest absolute Gasteiger partial charge is 0.213 e. The molecule has 0 amide bonds. The van der Waals surface area contributed by atoms with Crippen LogP contribution in [0.15, 0.2) is 158 Å². The van der Waals surface area contributed by atoms with Crippen LogP contribution in [-0.4, -0.2) is 15.0 Å². The van der Waals surface area contributed by atoms with Crippen molar-refractivity contribution < 1.29 is 0 Å². The first-order valence-electron chi connectivity index (χ1n) is 17.8. The van der Waals surface area contributed by atoms with E-state index in [9.17, 15) is 0 Å². The molecule has 50 heavy (non-hydrogen) atoms. The van der Waals surface area contributed by atoms with Crippen LogP contribution >= 0.6 is 0 Å². The molecule has 0 radical (unpaired) electrons. The molecule has 1 heterocycles. The fourth-order valence-electron chi connectivity index (χ4n) is 7.56. The highest BCUT2D eigenvalue weighted by atomic mass is 15.0. The lowest BCUT2D eigenvalue weighted by molar-refractivity contribution is 0.428. The van der Waals surface area contributed by atoms with Gasteiger partial charge in [0.05, 0.1) is 0 Å². The topological polar surface area (TPSA) is 38.7 Å².